The maximum Gasteiger partial charge on any atom is 0.178 e. The fraction of sp³-hybridized carbons (Fsp3) is 0.125. The Labute approximate surface area is 82.9 Å². The lowest BCUT2D eigenvalue weighted by Gasteiger charge is -2.08. The van der Waals surface area contributed by atoms with Gasteiger partial charge in [0, 0.05) is 0 Å². The summed E-state index contributed by atoms with van der Waals surface area (Å²) in [6.45, 7) is 0. The molecule has 70 valence electrons. The molecule has 0 aliphatic rings. The second-order valence-electron chi connectivity index (χ2n) is 2.30. The molecular weight excluding hydrogens is 240 g/mol. The Morgan fingerprint density at radius 3 is 2.62 bits per heavy atom. The highest BCUT2D eigenvalue weighted by Crippen LogP contribution is 2.42. The van der Waals surface area contributed by atoms with Gasteiger partial charge < -0.3 is 14.9 Å². The third-order valence-electron chi connectivity index (χ3n) is 1.54. The van der Waals surface area contributed by atoms with Gasteiger partial charge in [0.2, 0.25) is 0 Å². The van der Waals surface area contributed by atoms with E-state index in [2.05, 4.69) is 15.9 Å². The number of carbonyl (C=O) groups is 1. The number of phenolic OH excluding ortho intramolecular Hbond substituents is 2. The van der Waals surface area contributed by atoms with Crippen LogP contribution in [0.25, 0.3) is 0 Å². The highest BCUT2D eigenvalue weighted by atomic mass is 79.9. The van der Waals surface area contributed by atoms with Crippen molar-refractivity contribution in [2.75, 3.05) is 7.11 Å². The average molecular weight is 247 g/mol. The van der Waals surface area contributed by atoms with E-state index < -0.39 is 0 Å². The molecule has 0 unspecified atom stereocenters. The van der Waals surface area contributed by atoms with E-state index in [9.17, 15) is 15.0 Å². The monoisotopic (exact) mass is 246 g/mol. The van der Waals surface area contributed by atoms with Gasteiger partial charge in [0.1, 0.15) is 10.2 Å². The van der Waals surface area contributed by atoms with Gasteiger partial charge in [-0.3, -0.25) is 4.79 Å². The molecule has 13 heavy (non-hydrogen) atoms. The van der Waals surface area contributed by atoms with Crippen molar-refractivity contribution in [1.29, 1.82) is 0 Å². The van der Waals surface area contributed by atoms with Gasteiger partial charge in [-0.15, -0.1) is 0 Å². The van der Waals surface area contributed by atoms with Crippen LogP contribution in [0.2, 0.25) is 0 Å². The third-order valence-corrected chi connectivity index (χ3v) is 2.27. The molecule has 4 nitrogen and oxygen atoms in total. The fourth-order valence-corrected chi connectivity index (χ4v) is 1.51. The normalized spacial score (nSPS) is 9.69. The van der Waals surface area contributed by atoms with Crippen LogP contribution in [0.5, 0.6) is 17.2 Å². The van der Waals surface area contributed by atoms with Crippen molar-refractivity contribution in [1.82, 2.24) is 0 Å². The molecule has 0 saturated carbocycles. The van der Waals surface area contributed by atoms with Gasteiger partial charge in [0.15, 0.2) is 17.8 Å². The first-order chi connectivity index (χ1) is 6.11. The van der Waals surface area contributed by atoms with E-state index in [-0.39, 0.29) is 27.3 Å². The van der Waals surface area contributed by atoms with E-state index in [0.29, 0.717) is 6.29 Å². The van der Waals surface area contributed by atoms with Crippen molar-refractivity contribution in [3.63, 3.8) is 0 Å². The highest BCUT2D eigenvalue weighted by Gasteiger charge is 2.15. The molecule has 2 N–H and O–H groups in total. The number of hydrogen-bond acceptors (Lipinski definition) is 4. The van der Waals surface area contributed by atoms with E-state index in [1.165, 1.54) is 7.11 Å². The molecular formula is C8H7BrO4. The Morgan fingerprint density at radius 1 is 1.54 bits per heavy atom. The molecule has 0 radical (unpaired) electrons. The summed E-state index contributed by atoms with van der Waals surface area (Å²) >= 11 is 2.99. The highest BCUT2D eigenvalue weighted by molar-refractivity contribution is 9.10. The van der Waals surface area contributed by atoms with Gasteiger partial charge >= 0.3 is 0 Å². The SMILES string of the molecule is COc1c(O)cc(C=O)c(O)c1Br. The topological polar surface area (TPSA) is 66.8 Å². The van der Waals surface area contributed by atoms with Gasteiger partial charge in [-0.25, -0.2) is 0 Å². The summed E-state index contributed by atoms with van der Waals surface area (Å²) in [6.07, 6.45) is 0.444. The molecule has 0 bridgehead atoms. The van der Waals surface area contributed by atoms with Crippen LogP contribution >= 0.6 is 15.9 Å². The number of halogens is 1. The molecule has 5 heteroatoms. The summed E-state index contributed by atoms with van der Waals surface area (Å²) in [5.74, 6) is -0.345. The van der Waals surface area contributed by atoms with Crippen molar-refractivity contribution in [2.24, 2.45) is 0 Å². The molecule has 1 rings (SSSR count). The van der Waals surface area contributed by atoms with Crippen molar-refractivity contribution < 1.29 is 19.7 Å². The van der Waals surface area contributed by atoms with E-state index in [0.717, 1.165) is 6.07 Å². The Hall–Kier alpha value is -1.23. The summed E-state index contributed by atoms with van der Waals surface area (Å²) in [4.78, 5) is 10.4. The lowest BCUT2D eigenvalue weighted by Crippen LogP contribution is -1.89. The molecule has 0 aliphatic carbocycles. The van der Waals surface area contributed by atoms with Crippen LogP contribution in [0.4, 0.5) is 0 Å². The Bertz CT molecular complexity index is 348. The average Bonchev–Trinajstić information content (AvgIpc) is 2.12. The van der Waals surface area contributed by atoms with Crippen molar-refractivity contribution in [3.8, 4) is 17.2 Å². The number of hydrogen-bond donors (Lipinski definition) is 2. The van der Waals surface area contributed by atoms with Gasteiger partial charge in [0.25, 0.3) is 0 Å². The fourth-order valence-electron chi connectivity index (χ4n) is 0.912. The second-order valence-corrected chi connectivity index (χ2v) is 3.09. The van der Waals surface area contributed by atoms with Crippen LogP contribution in [-0.2, 0) is 0 Å². The first kappa shape index (κ1) is 9.85. The lowest BCUT2D eigenvalue weighted by atomic mass is 10.2. The Kier molecular flexibility index (Phi) is 2.77. The van der Waals surface area contributed by atoms with Crippen LogP contribution in [0.1, 0.15) is 10.4 Å². The van der Waals surface area contributed by atoms with Gasteiger partial charge in [-0.2, -0.15) is 0 Å². The van der Waals surface area contributed by atoms with E-state index in [1.54, 1.807) is 0 Å². The van der Waals surface area contributed by atoms with Gasteiger partial charge in [-0.1, -0.05) is 0 Å². The number of carbonyl (C=O) groups excluding carboxylic acids is 1. The summed E-state index contributed by atoms with van der Waals surface area (Å²) in [5.41, 5.74) is 0.00479. The van der Waals surface area contributed by atoms with Crippen molar-refractivity contribution in [3.05, 3.63) is 16.1 Å². The van der Waals surface area contributed by atoms with Crippen LogP contribution < -0.4 is 4.74 Å². The van der Waals surface area contributed by atoms with Gasteiger partial charge in [0.05, 0.1) is 12.7 Å². The number of methoxy groups -OCH3 is 1. The predicted molar refractivity (Wildman–Crippen MR) is 49.4 cm³/mol. The number of benzene rings is 1. The van der Waals surface area contributed by atoms with E-state index >= 15 is 0 Å². The third kappa shape index (κ3) is 1.60. The Balaban J connectivity index is 3.45. The Morgan fingerprint density at radius 2 is 2.15 bits per heavy atom. The molecule has 0 spiro atoms. The minimum absolute atomic E-state index is 0.00479. The minimum Gasteiger partial charge on any atom is -0.506 e. The zero-order valence-corrected chi connectivity index (χ0v) is 8.33. The number of aldehydes is 1. The van der Waals surface area contributed by atoms with Crippen molar-refractivity contribution in [2.45, 2.75) is 0 Å². The lowest BCUT2D eigenvalue weighted by molar-refractivity contribution is 0.112. The van der Waals surface area contributed by atoms with Crippen LogP contribution in [0, 0.1) is 0 Å². The minimum atomic E-state index is -0.246. The second kappa shape index (κ2) is 3.66. The predicted octanol–water partition coefficient (Wildman–Crippen LogP) is 1.68. The summed E-state index contributed by atoms with van der Waals surface area (Å²) in [6, 6.07) is 1.13. The molecule has 1 aromatic rings. The van der Waals surface area contributed by atoms with Crippen LogP contribution in [0.3, 0.4) is 0 Å². The van der Waals surface area contributed by atoms with Crippen LogP contribution in [0.15, 0.2) is 10.5 Å². The molecule has 0 amide bonds. The van der Waals surface area contributed by atoms with E-state index in [4.69, 9.17) is 4.74 Å². The first-order valence-electron chi connectivity index (χ1n) is 3.35. The summed E-state index contributed by atoms with van der Waals surface area (Å²) < 4.78 is 4.95. The molecule has 0 aromatic heterocycles. The maximum absolute atomic E-state index is 10.4. The smallest absolute Gasteiger partial charge is 0.178 e. The summed E-state index contributed by atoms with van der Waals surface area (Å²) in [7, 11) is 1.35. The molecule has 0 heterocycles. The summed E-state index contributed by atoms with van der Waals surface area (Å²) in [5, 5.41) is 18.7. The molecule has 0 atom stereocenters. The van der Waals surface area contributed by atoms with Gasteiger partial charge in [-0.05, 0) is 22.0 Å². The number of ether oxygens (including phenoxy) is 1. The molecule has 0 aliphatic heterocycles. The maximum atomic E-state index is 10.4. The van der Waals surface area contributed by atoms with E-state index in [1.807, 2.05) is 0 Å². The standard InChI is InChI=1S/C8H7BrO4/c1-13-8-5(11)2-4(3-10)7(12)6(8)9/h2-3,11-12H,1H3. The molecule has 1 aromatic carbocycles. The zero-order chi connectivity index (χ0) is 10.0. The number of aromatic hydroxyl groups is 2. The largest absolute Gasteiger partial charge is 0.506 e. The molecule has 0 fully saturated rings. The quantitative estimate of drug-likeness (QED) is 0.616. The van der Waals surface area contributed by atoms with Crippen LogP contribution in [-0.4, -0.2) is 23.6 Å². The zero-order valence-electron chi connectivity index (χ0n) is 6.74. The first-order valence-corrected chi connectivity index (χ1v) is 4.14. The molecule has 0 saturated heterocycles. The van der Waals surface area contributed by atoms with Crippen molar-refractivity contribution >= 4 is 22.2 Å². The number of rotatable bonds is 2. The number of phenols is 2.